The zero-order valence-electron chi connectivity index (χ0n) is 27.2. The number of aromatic hydroxyl groups is 1. The SMILES string of the molecule is O=C1[C@@H]2C[C@@H]3C(=CC[C@@H]4C(=O)N(c5ccc(I)cc5)C(=O)[C@@H]43)[C@H](c3ccc(O)cc3)[C@]2(c2ccc(Cl)cc2)C(=O)N1Nc1ncc(C(F)(F)F)cc1Cl. The van der Waals surface area contributed by atoms with Crippen molar-refractivity contribution in [2.75, 3.05) is 10.3 Å². The molecule has 2 saturated heterocycles. The van der Waals surface area contributed by atoms with Gasteiger partial charge >= 0.3 is 6.18 Å². The zero-order valence-corrected chi connectivity index (χ0v) is 30.8. The summed E-state index contributed by atoms with van der Waals surface area (Å²) in [4.78, 5) is 63.3. The largest absolute Gasteiger partial charge is 0.508 e. The van der Waals surface area contributed by atoms with Gasteiger partial charge in [-0.15, -0.1) is 0 Å². The number of phenolic OH excluding ortho intramolecular Hbond substituents is 1. The molecule has 0 bridgehead atoms. The molecule has 8 rings (SSSR count). The van der Waals surface area contributed by atoms with E-state index in [1.54, 1.807) is 60.7 Å². The maximum absolute atomic E-state index is 15.2. The fourth-order valence-electron chi connectivity index (χ4n) is 8.67. The number of pyridine rings is 1. The number of halogens is 6. The average Bonchev–Trinajstić information content (AvgIpc) is 3.50. The minimum atomic E-state index is -4.74. The van der Waals surface area contributed by atoms with Crippen LogP contribution in [-0.2, 0) is 30.8 Å². The first kappa shape index (κ1) is 35.6. The zero-order chi connectivity index (χ0) is 37.6. The van der Waals surface area contributed by atoms with Crippen LogP contribution in [-0.4, -0.2) is 38.7 Å². The number of alkyl halides is 3. The molecule has 0 radical (unpaired) electrons. The number of carbonyl (C=O) groups excluding carboxylic acids is 4. The fraction of sp³-hybridized carbons (Fsp3) is 0.237. The number of phenols is 1. The van der Waals surface area contributed by atoms with Crippen LogP contribution in [0.3, 0.4) is 0 Å². The molecule has 3 fully saturated rings. The number of imide groups is 2. The minimum absolute atomic E-state index is 0.0132. The minimum Gasteiger partial charge on any atom is -0.508 e. The molecule has 4 aromatic rings. The highest BCUT2D eigenvalue weighted by atomic mass is 127. The number of allylic oxidation sites excluding steroid dienone is 2. The van der Waals surface area contributed by atoms with Crippen LogP contribution in [0.2, 0.25) is 10.0 Å². The van der Waals surface area contributed by atoms with Crippen molar-refractivity contribution < 1.29 is 37.5 Å². The van der Waals surface area contributed by atoms with Gasteiger partial charge in [-0.25, -0.2) is 4.98 Å². The van der Waals surface area contributed by atoms with Crippen LogP contribution in [0.25, 0.3) is 0 Å². The Morgan fingerprint density at radius 3 is 2.21 bits per heavy atom. The molecular weight excluding hydrogens is 847 g/mol. The van der Waals surface area contributed by atoms with Crippen molar-refractivity contribution >= 4 is 80.9 Å². The number of aromatic nitrogens is 1. The van der Waals surface area contributed by atoms with Crippen LogP contribution in [0.4, 0.5) is 24.7 Å². The molecule has 1 saturated carbocycles. The van der Waals surface area contributed by atoms with Crippen LogP contribution in [0.15, 0.2) is 96.7 Å². The highest BCUT2D eigenvalue weighted by molar-refractivity contribution is 14.1. The molecule has 15 heteroatoms. The predicted molar refractivity (Wildman–Crippen MR) is 197 cm³/mol. The van der Waals surface area contributed by atoms with E-state index in [1.807, 2.05) is 6.08 Å². The van der Waals surface area contributed by atoms with Crippen molar-refractivity contribution in [1.29, 1.82) is 0 Å². The van der Waals surface area contributed by atoms with Crippen molar-refractivity contribution in [2.24, 2.45) is 23.7 Å². The molecule has 0 spiro atoms. The Hall–Kier alpha value is -4.47. The number of hydrazine groups is 1. The van der Waals surface area contributed by atoms with Gasteiger partial charge in [-0.05, 0) is 107 Å². The first-order chi connectivity index (χ1) is 25.2. The van der Waals surface area contributed by atoms with Crippen molar-refractivity contribution in [3.05, 3.63) is 127 Å². The lowest BCUT2D eigenvalue weighted by atomic mass is 9.49. The third-order valence-corrected chi connectivity index (χ3v) is 12.1. The molecule has 2 N–H and O–H groups in total. The Morgan fingerprint density at radius 2 is 1.57 bits per heavy atom. The molecular formula is C38H26Cl2F3IN4O5. The third kappa shape index (κ3) is 5.53. The standard InChI is InChI=1S/C38H26Cl2F3IN4O5/c39-21-5-3-19(4-6-21)37-28(34(51)48(36(37)53)46-32-29(40)15-20(17-45-32)38(41,42)43)16-27-25(31(37)18-1-11-24(49)12-2-18)13-14-26-30(27)35(52)47(33(26)50)23-9-7-22(44)8-10-23/h1-13,15,17,26-28,30-31,49H,14,16H2,(H,45,46)/t26-,27+,28-,30-,31-,37+/m0/s1. The number of amides is 4. The Balaban J connectivity index is 1.29. The Morgan fingerprint density at radius 1 is 0.887 bits per heavy atom. The summed E-state index contributed by atoms with van der Waals surface area (Å²) in [6.07, 6.45) is -2.12. The fourth-order valence-corrected chi connectivity index (χ4v) is 9.36. The highest BCUT2D eigenvalue weighted by Crippen LogP contribution is 2.64. The molecule has 4 aliphatic rings. The molecule has 6 atom stereocenters. The normalized spacial score (nSPS) is 26.7. The van der Waals surface area contributed by atoms with E-state index in [-0.39, 0.29) is 30.3 Å². The number of rotatable bonds is 5. The molecule has 53 heavy (non-hydrogen) atoms. The molecule has 9 nitrogen and oxygen atoms in total. The van der Waals surface area contributed by atoms with Crippen molar-refractivity contribution in [2.45, 2.75) is 30.4 Å². The van der Waals surface area contributed by atoms with E-state index in [4.69, 9.17) is 23.2 Å². The van der Waals surface area contributed by atoms with Gasteiger partial charge in [0.05, 0.1) is 39.4 Å². The van der Waals surface area contributed by atoms with E-state index in [2.05, 4.69) is 33.0 Å². The van der Waals surface area contributed by atoms with Crippen molar-refractivity contribution in [3.63, 3.8) is 0 Å². The summed E-state index contributed by atoms with van der Waals surface area (Å²) in [6, 6.07) is 20.3. The second-order valence-electron chi connectivity index (χ2n) is 13.5. The summed E-state index contributed by atoms with van der Waals surface area (Å²) in [7, 11) is 0. The van der Waals surface area contributed by atoms with Crippen LogP contribution >= 0.6 is 45.8 Å². The number of hydrogen-bond donors (Lipinski definition) is 2. The van der Waals surface area contributed by atoms with E-state index >= 15 is 4.79 Å². The molecule has 0 unspecified atom stereocenters. The van der Waals surface area contributed by atoms with Gasteiger partial charge in [-0.2, -0.15) is 18.2 Å². The molecule has 1 aromatic heterocycles. The van der Waals surface area contributed by atoms with Gasteiger partial charge in [0.1, 0.15) is 5.75 Å². The maximum Gasteiger partial charge on any atom is 0.417 e. The summed E-state index contributed by atoms with van der Waals surface area (Å²) in [6.45, 7) is 0. The van der Waals surface area contributed by atoms with Gasteiger partial charge in [0.25, 0.3) is 11.8 Å². The molecule has 3 heterocycles. The van der Waals surface area contributed by atoms with Gasteiger partial charge < -0.3 is 5.11 Å². The molecule has 2 aliphatic carbocycles. The molecule has 270 valence electrons. The van der Waals surface area contributed by atoms with E-state index in [1.165, 1.54) is 17.0 Å². The van der Waals surface area contributed by atoms with E-state index < -0.39 is 69.5 Å². The molecule has 2 aliphatic heterocycles. The lowest BCUT2D eigenvalue weighted by Crippen LogP contribution is -2.53. The van der Waals surface area contributed by atoms with Crippen molar-refractivity contribution in [1.82, 2.24) is 9.99 Å². The first-order valence-corrected chi connectivity index (χ1v) is 18.3. The summed E-state index contributed by atoms with van der Waals surface area (Å²) >= 11 is 14.7. The number of benzene rings is 3. The van der Waals surface area contributed by atoms with Crippen LogP contribution in [0.5, 0.6) is 5.75 Å². The lowest BCUT2D eigenvalue weighted by molar-refractivity contribution is -0.139. The highest BCUT2D eigenvalue weighted by Gasteiger charge is 2.70. The number of anilines is 2. The second-order valence-corrected chi connectivity index (χ2v) is 15.6. The Bertz CT molecular complexity index is 2240. The quantitative estimate of drug-likeness (QED) is 0.119. The topological polar surface area (TPSA) is 120 Å². The monoisotopic (exact) mass is 872 g/mol. The average molecular weight is 873 g/mol. The van der Waals surface area contributed by atoms with Crippen LogP contribution < -0.4 is 10.3 Å². The van der Waals surface area contributed by atoms with Crippen LogP contribution in [0, 0.1) is 27.2 Å². The number of carbonyl (C=O) groups is 4. The van der Waals surface area contributed by atoms with Crippen LogP contribution in [0.1, 0.15) is 35.4 Å². The van der Waals surface area contributed by atoms with Gasteiger partial charge in [-0.3, -0.25) is 29.5 Å². The predicted octanol–water partition coefficient (Wildman–Crippen LogP) is 7.91. The third-order valence-electron chi connectivity index (χ3n) is 10.9. The molecule has 3 aromatic carbocycles. The summed E-state index contributed by atoms with van der Waals surface area (Å²) in [5.41, 5.74) is 1.91. The Labute approximate surface area is 323 Å². The smallest absolute Gasteiger partial charge is 0.417 e. The van der Waals surface area contributed by atoms with Crippen molar-refractivity contribution in [3.8, 4) is 5.75 Å². The van der Waals surface area contributed by atoms with E-state index in [0.29, 0.717) is 39.7 Å². The van der Waals surface area contributed by atoms with E-state index in [9.17, 15) is 32.7 Å². The number of fused-ring (bicyclic) bond motifs is 4. The van der Waals surface area contributed by atoms with Gasteiger partial charge in [0.2, 0.25) is 11.8 Å². The molecule has 4 amide bonds. The number of nitrogens with zero attached hydrogens (tertiary/aromatic N) is 3. The summed E-state index contributed by atoms with van der Waals surface area (Å²) in [5, 5.41) is 10.9. The van der Waals surface area contributed by atoms with Gasteiger partial charge in [-0.1, -0.05) is 59.1 Å². The Kier molecular flexibility index (Phi) is 8.61. The second kappa shape index (κ2) is 12.8. The summed E-state index contributed by atoms with van der Waals surface area (Å²) < 4.78 is 41.2. The summed E-state index contributed by atoms with van der Waals surface area (Å²) in [5.74, 6) is -6.88. The van der Waals surface area contributed by atoms with Gasteiger partial charge in [0.15, 0.2) is 5.82 Å². The van der Waals surface area contributed by atoms with E-state index in [0.717, 1.165) is 8.58 Å². The maximum atomic E-state index is 15.2. The van der Waals surface area contributed by atoms with Gasteiger partial charge in [0, 0.05) is 20.7 Å². The lowest BCUT2D eigenvalue weighted by Gasteiger charge is -2.50. The number of hydrogen-bond acceptors (Lipinski definition) is 7. The number of nitrogens with one attached hydrogen (secondary N) is 1. The first-order valence-electron chi connectivity index (χ1n) is 16.5.